The standard InChI is InChI=1S/C19H22N4O3S/c1-20-18(25)16-8-14(17(24)21-15-11-23(12-15)27-2)10-22(19(16)26)9-13-6-4-3-5-7-13/h3-8,10,15H,9,11-12H2,1-2H3,(H,20,25)(H,21,24). The second-order valence-corrected chi connectivity index (χ2v) is 7.22. The highest BCUT2D eigenvalue weighted by molar-refractivity contribution is 7.96. The predicted octanol–water partition coefficient (Wildman–Crippen LogP) is 0.948. The maximum absolute atomic E-state index is 12.7. The molecule has 0 spiro atoms. The second-order valence-electron chi connectivity index (χ2n) is 6.34. The van der Waals surface area contributed by atoms with Crippen LogP contribution < -0.4 is 16.2 Å². The number of aromatic nitrogens is 1. The van der Waals surface area contributed by atoms with Crippen molar-refractivity contribution in [3.05, 3.63) is 69.6 Å². The van der Waals surface area contributed by atoms with Crippen LogP contribution in [0, 0.1) is 0 Å². The first-order chi connectivity index (χ1) is 13.0. The summed E-state index contributed by atoms with van der Waals surface area (Å²) < 4.78 is 3.54. The van der Waals surface area contributed by atoms with Crippen LogP contribution in [0.3, 0.4) is 0 Å². The lowest BCUT2D eigenvalue weighted by molar-refractivity contribution is 0.0900. The summed E-state index contributed by atoms with van der Waals surface area (Å²) in [5, 5.41) is 5.41. The van der Waals surface area contributed by atoms with E-state index >= 15 is 0 Å². The highest BCUT2D eigenvalue weighted by Crippen LogP contribution is 2.16. The van der Waals surface area contributed by atoms with Crippen molar-refractivity contribution < 1.29 is 9.59 Å². The van der Waals surface area contributed by atoms with Crippen LogP contribution in [-0.4, -0.2) is 53.1 Å². The van der Waals surface area contributed by atoms with Crippen LogP contribution in [0.2, 0.25) is 0 Å². The monoisotopic (exact) mass is 386 g/mol. The fourth-order valence-corrected chi connectivity index (χ4v) is 3.56. The van der Waals surface area contributed by atoms with Crippen LogP contribution >= 0.6 is 11.9 Å². The highest BCUT2D eigenvalue weighted by Gasteiger charge is 2.28. The number of amides is 2. The summed E-state index contributed by atoms with van der Waals surface area (Å²) in [5.41, 5.74) is 0.744. The lowest BCUT2D eigenvalue weighted by Gasteiger charge is -2.37. The summed E-state index contributed by atoms with van der Waals surface area (Å²) in [4.78, 5) is 37.4. The first-order valence-electron chi connectivity index (χ1n) is 8.62. The minimum atomic E-state index is -0.506. The molecule has 0 unspecified atom stereocenters. The zero-order chi connectivity index (χ0) is 19.4. The van der Waals surface area contributed by atoms with E-state index in [1.54, 1.807) is 11.9 Å². The highest BCUT2D eigenvalue weighted by atomic mass is 32.2. The van der Waals surface area contributed by atoms with E-state index in [1.165, 1.54) is 23.9 Å². The van der Waals surface area contributed by atoms with Gasteiger partial charge in [0.2, 0.25) is 0 Å². The molecule has 1 saturated heterocycles. The number of nitrogens with one attached hydrogen (secondary N) is 2. The van der Waals surface area contributed by atoms with E-state index in [9.17, 15) is 14.4 Å². The van der Waals surface area contributed by atoms with Crippen LogP contribution in [0.25, 0.3) is 0 Å². The van der Waals surface area contributed by atoms with Gasteiger partial charge in [-0.3, -0.25) is 14.4 Å². The molecule has 1 aromatic heterocycles. The number of hydrogen-bond donors (Lipinski definition) is 2. The minimum absolute atomic E-state index is 0.0413. The first kappa shape index (κ1) is 19.2. The molecule has 0 saturated carbocycles. The Morgan fingerprint density at radius 3 is 2.52 bits per heavy atom. The fourth-order valence-electron chi connectivity index (χ4n) is 2.90. The molecule has 27 heavy (non-hydrogen) atoms. The number of benzene rings is 1. The largest absolute Gasteiger partial charge is 0.355 e. The van der Waals surface area contributed by atoms with Crippen molar-refractivity contribution in [2.45, 2.75) is 12.6 Å². The third-order valence-electron chi connectivity index (χ3n) is 4.46. The molecule has 8 heteroatoms. The SMILES string of the molecule is CNC(=O)c1cc(C(=O)NC2CN(SC)C2)cn(Cc2ccccc2)c1=O. The Bertz CT molecular complexity index is 892. The van der Waals surface area contributed by atoms with E-state index in [4.69, 9.17) is 0 Å². The molecule has 7 nitrogen and oxygen atoms in total. The van der Waals surface area contributed by atoms with Crippen molar-refractivity contribution in [2.75, 3.05) is 26.4 Å². The lowest BCUT2D eigenvalue weighted by atomic mass is 10.1. The van der Waals surface area contributed by atoms with Crippen LogP contribution in [-0.2, 0) is 6.54 Å². The van der Waals surface area contributed by atoms with E-state index in [0.717, 1.165) is 18.7 Å². The molecule has 0 atom stereocenters. The van der Waals surface area contributed by atoms with Gasteiger partial charge in [-0.1, -0.05) is 42.3 Å². The third-order valence-corrected chi connectivity index (χ3v) is 5.27. The summed E-state index contributed by atoms with van der Waals surface area (Å²) >= 11 is 1.64. The van der Waals surface area contributed by atoms with Gasteiger partial charge in [-0.2, -0.15) is 0 Å². The minimum Gasteiger partial charge on any atom is -0.355 e. The topological polar surface area (TPSA) is 83.4 Å². The van der Waals surface area contributed by atoms with Crippen LogP contribution in [0.15, 0.2) is 47.4 Å². The van der Waals surface area contributed by atoms with E-state index in [2.05, 4.69) is 14.9 Å². The van der Waals surface area contributed by atoms with E-state index < -0.39 is 11.5 Å². The number of nitrogens with zero attached hydrogens (tertiary/aromatic N) is 2. The molecule has 2 amide bonds. The van der Waals surface area contributed by atoms with Crippen molar-refractivity contribution in [3.8, 4) is 0 Å². The Labute approximate surface area is 161 Å². The Balaban J connectivity index is 1.88. The Morgan fingerprint density at radius 1 is 1.19 bits per heavy atom. The summed E-state index contributed by atoms with van der Waals surface area (Å²) in [7, 11) is 1.46. The summed E-state index contributed by atoms with van der Waals surface area (Å²) in [6.07, 6.45) is 3.51. The molecular weight excluding hydrogens is 364 g/mol. The van der Waals surface area contributed by atoms with Crippen molar-refractivity contribution in [1.29, 1.82) is 0 Å². The normalized spacial score (nSPS) is 14.4. The number of pyridine rings is 1. The van der Waals surface area contributed by atoms with Crippen LogP contribution in [0.5, 0.6) is 0 Å². The molecule has 0 bridgehead atoms. The van der Waals surface area contributed by atoms with Gasteiger partial charge in [-0.25, -0.2) is 4.31 Å². The molecule has 3 rings (SSSR count). The van der Waals surface area contributed by atoms with E-state index in [1.807, 2.05) is 36.6 Å². The van der Waals surface area contributed by atoms with Crippen LogP contribution in [0.1, 0.15) is 26.3 Å². The predicted molar refractivity (Wildman–Crippen MR) is 106 cm³/mol. The van der Waals surface area contributed by atoms with Crippen molar-refractivity contribution in [3.63, 3.8) is 0 Å². The van der Waals surface area contributed by atoms with Crippen molar-refractivity contribution >= 4 is 23.8 Å². The molecule has 1 aromatic carbocycles. The number of rotatable bonds is 6. The van der Waals surface area contributed by atoms with Gasteiger partial charge in [0.1, 0.15) is 5.56 Å². The number of carbonyl (C=O) groups excluding carboxylic acids is 2. The number of carbonyl (C=O) groups is 2. The maximum atomic E-state index is 12.7. The molecule has 1 aliphatic heterocycles. The molecule has 1 fully saturated rings. The summed E-state index contributed by atoms with van der Waals surface area (Å²) in [6, 6.07) is 10.9. The Kier molecular flexibility index (Phi) is 5.98. The molecular formula is C19H22N4O3S. The van der Waals surface area contributed by atoms with E-state index in [-0.39, 0.29) is 24.1 Å². The third kappa shape index (κ3) is 4.40. The van der Waals surface area contributed by atoms with E-state index in [0.29, 0.717) is 5.56 Å². The summed E-state index contributed by atoms with van der Waals surface area (Å²) in [6.45, 7) is 1.84. The quantitative estimate of drug-likeness (QED) is 0.723. The zero-order valence-corrected chi connectivity index (χ0v) is 16.1. The average Bonchev–Trinajstić information content (AvgIpc) is 2.65. The van der Waals surface area contributed by atoms with Gasteiger partial charge in [-0.05, 0) is 17.9 Å². The smallest absolute Gasteiger partial charge is 0.263 e. The Hall–Kier alpha value is -2.58. The maximum Gasteiger partial charge on any atom is 0.263 e. The van der Waals surface area contributed by atoms with Gasteiger partial charge < -0.3 is 15.2 Å². The molecule has 2 heterocycles. The van der Waals surface area contributed by atoms with Gasteiger partial charge >= 0.3 is 0 Å². The average molecular weight is 386 g/mol. The van der Waals surface area contributed by atoms with Crippen molar-refractivity contribution in [2.24, 2.45) is 0 Å². The van der Waals surface area contributed by atoms with Gasteiger partial charge in [0.15, 0.2) is 0 Å². The van der Waals surface area contributed by atoms with Gasteiger partial charge in [0.05, 0.1) is 18.2 Å². The first-order valence-corrected chi connectivity index (χ1v) is 9.80. The molecule has 0 radical (unpaired) electrons. The molecule has 1 aliphatic rings. The van der Waals surface area contributed by atoms with Gasteiger partial charge in [0.25, 0.3) is 17.4 Å². The Morgan fingerprint density at radius 2 is 1.89 bits per heavy atom. The lowest BCUT2D eigenvalue weighted by Crippen LogP contribution is -2.56. The second kappa shape index (κ2) is 8.41. The molecule has 142 valence electrons. The van der Waals surface area contributed by atoms with Crippen molar-refractivity contribution in [1.82, 2.24) is 19.5 Å². The fraction of sp³-hybridized carbons (Fsp3) is 0.316. The number of hydrogen-bond acceptors (Lipinski definition) is 5. The molecule has 2 N–H and O–H groups in total. The molecule has 2 aromatic rings. The van der Waals surface area contributed by atoms with Crippen LogP contribution in [0.4, 0.5) is 0 Å². The van der Waals surface area contributed by atoms with Gasteiger partial charge in [-0.15, -0.1) is 0 Å². The van der Waals surface area contributed by atoms with Gasteiger partial charge in [0, 0.05) is 26.3 Å². The summed E-state index contributed by atoms with van der Waals surface area (Å²) in [5.74, 6) is -0.790. The molecule has 0 aliphatic carbocycles. The zero-order valence-electron chi connectivity index (χ0n) is 15.3.